The fourth-order valence-corrected chi connectivity index (χ4v) is 3.28. The van der Waals surface area contributed by atoms with Gasteiger partial charge in [0.2, 0.25) is 10.0 Å². The highest BCUT2D eigenvalue weighted by Gasteiger charge is 2.14. The number of nitrogens with one attached hydrogen (secondary N) is 1. The highest BCUT2D eigenvalue weighted by molar-refractivity contribution is 7.89. The smallest absolute Gasteiger partial charge is 0.240 e. The summed E-state index contributed by atoms with van der Waals surface area (Å²) >= 11 is 0. The van der Waals surface area contributed by atoms with Gasteiger partial charge in [-0.25, -0.2) is 13.1 Å². The first-order chi connectivity index (χ1) is 11.5. The van der Waals surface area contributed by atoms with Crippen molar-refractivity contribution < 1.29 is 22.6 Å². The molecule has 2 rings (SSSR count). The normalized spacial score (nSPS) is 11.1. The lowest BCUT2D eigenvalue weighted by atomic mass is 10.1. The maximum atomic E-state index is 12.3. The third kappa shape index (κ3) is 4.39. The van der Waals surface area contributed by atoms with Gasteiger partial charge in [-0.15, -0.1) is 0 Å². The Hall–Kier alpha value is -2.25. The van der Waals surface area contributed by atoms with Crippen LogP contribution >= 0.6 is 0 Å². The molecule has 0 fully saturated rings. The lowest BCUT2D eigenvalue weighted by Gasteiger charge is -2.11. The summed E-state index contributed by atoms with van der Waals surface area (Å²) in [5.74, 6) is 1.75. The third-order valence-corrected chi connectivity index (χ3v) is 4.96. The number of benzene rings is 2. The van der Waals surface area contributed by atoms with Gasteiger partial charge in [0, 0.05) is 12.6 Å². The molecule has 7 heteroatoms. The van der Waals surface area contributed by atoms with Crippen molar-refractivity contribution in [2.24, 2.45) is 0 Å². The minimum atomic E-state index is -3.58. The lowest BCUT2D eigenvalue weighted by molar-refractivity contribution is 0.354. The Labute approximate surface area is 142 Å². The first-order valence-corrected chi connectivity index (χ1v) is 8.83. The van der Waals surface area contributed by atoms with Crippen LogP contribution in [0.5, 0.6) is 17.2 Å². The molecule has 0 aliphatic rings. The average molecular weight is 351 g/mol. The number of hydrogen-bond donors (Lipinski definition) is 1. The minimum absolute atomic E-state index is 0.175. The Bertz CT molecular complexity index is 789. The Morgan fingerprint density at radius 1 is 0.917 bits per heavy atom. The van der Waals surface area contributed by atoms with E-state index in [2.05, 4.69) is 4.72 Å². The molecule has 130 valence electrons. The maximum Gasteiger partial charge on any atom is 0.240 e. The van der Waals surface area contributed by atoms with Crippen LogP contribution in [0.2, 0.25) is 0 Å². The van der Waals surface area contributed by atoms with Crippen LogP contribution in [-0.2, 0) is 16.4 Å². The molecule has 0 aliphatic heterocycles. The number of methoxy groups -OCH3 is 3. The van der Waals surface area contributed by atoms with Gasteiger partial charge < -0.3 is 14.2 Å². The first kappa shape index (κ1) is 18.1. The molecule has 1 N–H and O–H groups in total. The topological polar surface area (TPSA) is 73.9 Å². The highest BCUT2D eigenvalue weighted by Crippen LogP contribution is 2.27. The maximum absolute atomic E-state index is 12.3. The predicted molar refractivity (Wildman–Crippen MR) is 91.4 cm³/mol. The molecule has 0 aromatic heterocycles. The number of ether oxygens (including phenoxy) is 3. The van der Waals surface area contributed by atoms with Crippen LogP contribution in [0.15, 0.2) is 47.4 Å². The second-order valence-electron chi connectivity index (χ2n) is 5.02. The van der Waals surface area contributed by atoms with Gasteiger partial charge in [0.1, 0.15) is 5.75 Å². The summed E-state index contributed by atoms with van der Waals surface area (Å²) in [6.45, 7) is 0.273. The van der Waals surface area contributed by atoms with Crippen LogP contribution in [0.1, 0.15) is 5.56 Å². The summed E-state index contributed by atoms with van der Waals surface area (Å²) in [5, 5.41) is 0. The van der Waals surface area contributed by atoms with Crippen molar-refractivity contribution in [3.05, 3.63) is 48.0 Å². The monoisotopic (exact) mass is 351 g/mol. The quantitative estimate of drug-likeness (QED) is 0.789. The Kier molecular flexibility index (Phi) is 6.05. The van der Waals surface area contributed by atoms with Crippen LogP contribution in [0.25, 0.3) is 0 Å². The van der Waals surface area contributed by atoms with Gasteiger partial charge in [-0.2, -0.15) is 0 Å². The molecule has 0 bridgehead atoms. The van der Waals surface area contributed by atoms with E-state index in [0.29, 0.717) is 23.7 Å². The Morgan fingerprint density at radius 2 is 1.67 bits per heavy atom. The van der Waals surface area contributed by atoms with Gasteiger partial charge in [-0.1, -0.05) is 12.1 Å². The third-order valence-electron chi connectivity index (χ3n) is 3.51. The van der Waals surface area contributed by atoms with E-state index in [4.69, 9.17) is 14.2 Å². The van der Waals surface area contributed by atoms with E-state index in [1.165, 1.54) is 19.2 Å². The van der Waals surface area contributed by atoms with Crippen LogP contribution < -0.4 is 18.9 Å². The van der Waals surface area contributed by atoms with Crippen molar-refractivity contribution in [2.45, 2.75) is 11.3 Å². The molecule has 2 aromatic carbocycles. The zero-order valence-corrected chi connectivity index (χ0v) is 14.7. The summed E-state index contributed by atoms with van der Waals surface area (Å²) in [4.78, 5) is 0.175. The van der Waals surface area contributed by atoms with Crippen LogP contribution in [0.3, 0.4) is 0 Å². The number of rotatable bonds is 8. The summed E-state index contributed by atoms with van der Waals surface area (Å²) in [6, 6.07) is 11.9. The molecule has 0 heterocycles. The van der Waals surface area contributed by atoms with Gasteiger partial charge in [0.05, 0.1) is 26.2 Å². The SMILES string of the molecule is COc1cccc(S(=O)(=O)NCCc2ccc(OC)c(OC)c2)c1. The average Bonchev–Trinajstić information content (AvgIpc) is 2.61. The van der Waals surface area contributed by atoms with E-state index in [9.17, 15) is 8.42 Å². The zero-order valence-electron chi connectivity index (χ0n) is 13.9. The molecule has 0 saturated heterocycles. The summed E-state index contributed by atoms with van der Waals surface area (Å²) in [7, 11) is 1.05. The van der Waals surface area contributed by atoms with Crippen molar-refractivity contribution in [3.63, 3.8) is 0 Å². The molecule has 2 aromatic rings. The lowest BCUT2D eigenvalue weighted by Crippen LogP contribution is -2.26. The fourth-order valence-electron chi connectivity index (χ4n) is 2.22. The van der Waals surface area contributed by atoms with Crippen molar-refractivity contribution in [2.75, 3.05) is 27.9 Å². The van der Waals surface area contributed by atoms with Crippen molar-refractivity contribution >= 4 is 10.0 Å². The predicted octanol–water partition coefficient (Wildman–Crippen LogP) is 2.23. The Morgan fingerprint density at radius 3 is 2.33 bits per heavy atom. The van der Waals surface area contributed by atoms with Gasteiger partial charge in [-0.3, -0.25) is 0 Å². The van der Waals surface area contributed by atoms with Gasteiger partial charge >= 0.3 is 0 Å². The molecule has 0 radical (unpaired) electrons. The van der Waals surface area contributed by atoms with Gasteiger partial charge in [0.15, 0.2) is 11.5 Å². The van der Waals surface area contributed by atoms with Crippen molar-refractivity contribution in [1.29, 1.82) is 0 Å². The largest absolute Gasteiger partial charge is 0.497 e. The minimum Gasteiger partial charge on any atom is -0.497 e. The first-order valence-electron chi connectivity index (χ1n) is 7.35. The summed E-state index contributed by atoms with van der Waals surface area (Å²) in [5.41, 5.74) is 0.945. The van der Waals surface area contributed by atoms with E-state index in [0.717, 1.165) is 5.56 Å². The molecule has 0 saturated carbocycles. The molecular formula is C17H21NO5S. The van der Waals surface area contributed by atoms with Crippen molar-refractivity contribution in [3.8, 4) is 17.2 Å². The number of sulfonamides is 1. The van der Waals surface area contributed by atoms with Crippen molar-refractivity contribution in [1.82, 2.24) is 4.72 Å². The zero-order chi connectivity index (χ0) is 17.6. The number of hydrogen-bond acceptors (Lipinski definition) is 5. The standard InChI is InChI=1S/C17H21NO5S/c1-21-14-5-4-6-15(12-14)24(19,20)18-10-9-13-7-8-16(22-2)17(11-13)23-3/h4-8,11-12,18H,9-10H2,1-3H3. The van der Waals surface area contributed by atoms with E-state index < -0.39 is 10.0 Å². The second kappa shape index (κ2) is 8.03. The van der Waals surface area contributed by atoms with Crippen LogP contribution in [-0.4, -0.2) is 36.3 Å². The van der Waals surface area contributed by atoms with E-state index in [-0.39, 0.29) is 11.4 Å². The highest BCUT2D eigenvalue weighted by atomic mass is 32.2. The summed E-state index contributed by atoms with van der Waals surface area (Å²) in [6.07, 6.45) is 0.531. The fraction of sp³-hybridized carbons (Fsp3) is 0.294. The summed E-state index contributed by atoms with van der Waals surface area (Å²) < 4.78 is 42.7. The molecule has 0 unspecified atom stereocenters. The van der Waals surface area contributed by atoms with E-state index in [1.807, 2.05) is 12.1 Å². The molecular weight excluding hydrogens is 330 g/mol. The van der Waals surface area contributed by atoms with E-state index in [1.54, 1.807) is 32.4 Å². The Balaban J connectivity index is 2.02. The molecule has 6 nitrogen and oxygen atoms in total. The molecule has 24 heavy (non-hydrogen) atoms. The molecule has 0 amide bonds. The molecule has 0 spiro atoms. The van der Waals surface area contributed by atoms with Gasteiger partial charge in [0.25, 0.3) is 0 Å². The molecule has 0 atom stereocenters. The van der Waals surface area contributed by atoms with Crippen LogP contribution in [0, 0.1) is 0 Å². The van der Waals surface area contributed by atoms with Crippen LogP contribution in [0.4, 0.5) is 0 Å². The van der Waals surface area contributed by atoms with Gasteiger partial charge in [-0.05, 0) is 36.2 Å². The second-order valence-corrected chi connectivity index (χ2v) is 6.78. The van der Waals surface area contributed by atoms with E-state index >= 15 is 0 Å². The molecule has 0 aliphatic carbocycles.